The molecule has 0 bridgehead atoms. The van der Waals surface area contributed by atoms with Gasteiger partial charge >= 0.3 is 12.1 Å². The van der Waals surface area contributed by atoms with Crippen molar-refractivity contribution >= 4 is 11.6 Å². The van der Waals surface area contributed by atoms with E-state index in [1.807, 2.05) is 0 Å². The van der Waals surface area contributed by atoms with Gasteiger partial charge in [0.05, 0.1) is 11.1 Å². The van der Waals surface area contributed by atoms with Gasteiger partial charge < -0.3 is 15.4 Å². The number of pyridine rings is 1. The molecule has 3 rings (SSSR count). The largest absolute Gasteiger partial charge is 0.488 e. The molecule has 1 amide bonds. The molecular weight excluding hydrogens is 428 g/mol. The summed E-state index contributed by atoms with van der Waals surface area (Å²) in [5.41, 5.74) is -1.94. The number of alkyl halides is 5. The predicted octanol–water partition coefficient (Wildman–Crippen LogP) is 4.65. The monoisotopic (exact) mass is 447 g/mol. The average molecular weight is 447 g/mol. The molecule has 0 radical (unpaired) electrons. The van der Waals surface area contributed by atoms with E-state index in [-0.39, 0.29) is 11.7 Å². The summed E-state index contributed by atoms with van der Waals surface area (Å²) >= 11 is 0. The number of nitrogens with one attached hydrogen (secondary N) is 2. The van der Waals surface area contributed by atoms with Gasteiger partial charge in [0.1, 0.15) is 11.9 Å². The Hall–Kier alpha value is -2.82. The number of carbonyl (C=O) groups excluding carboxylic acids is 1. The van der Waals surface area contributed by atoms with Crippen molar-refractivity contribution in [2.24, 2.45) is 0 Å². The quantitative estimate of drug-likeness (QED) is 0.500. The zero-order valence-corrected chi connectivity index (χ0v) is 16.3. The van der Waals surface area contributed by atoms with Crippen molar-refractivity contribution in [1.29, 1.82) is 0 Å². The first kappa shape index (κ1) is 22.9. The number of rotatable bonds is 6. The maximum absolute atomic E-state index is 14.1. The summed E-state index contributed by atoms with van der Waals surface area (Å²) < 4.78 is 86.3. The Morgan fingerprint density at radius 1 is 1.26 bits per heavy atom. The minimum absolute atomic E-state index is 0.142. The molecule has 2 heterocycles. The summed E-state index contributed by atoms with van der Waals surface area (Å²) in [5.74, 6) is -7.91. The van der Waals surface area contributed by atoms with Crippen LogP contribution in [0.5, 0.6) is 5.75 Å². The van der Waals surface area contributed by atoms with E-state index < -0.39 is 46.9 Å². The van der Waals surface area contributed by atoms with Gasteiger partial charge in [-0.15, -0.1) is 0 Å². The summed E-state index contributed by atoms with van der Waals surface area (Å²) in [6.45, 7) is 2.23. The van der Waals surface area contributed by atoms with Gasteiger partial charge in [0.25, 0.3) is 5.91 Å². The van der Waals surface area contributed by atoms with Crippen molar-refractivity contribution in [1.82, 2.24) is 10.3 Å². The Labute approximate surface area is 173 Å². The highest BCUT2D eigenvalue weighted by Crippen LogP contribution is 2.48. The Morgan fingerprint density at radius 2 is 2.00 bits per heavy atom. The van der Waals surface area contributed by atoms with Crippen molar-refractivity contribution in [2.75, 3.05) is 11.9 Å². The highest BCUT2D eigenvalue weighted by atomic mass is 19.4. The molecule has 5 nitrogen and oxygen atoms in total. The Morgan fingerprint density at radius 3 is 2.61 bits per heavy atom. The lowest BCUT2D eigenvalue weighted by atomic mass is 10.0. The molecule has 1 aliphatic rings. The fourth-order valence-electron chi connectivity index (χ4n) is 3.26. The number of benzene rings is 1. The zero-order chi connectivity index (χ0) is 22.8. The number of hydrogen-bond donors (Lipinski definition) is 2. The lowest BCUT2D eigenvalue weighted by Gasteiger charge is -2.27. The second-order valence-electron chi connectivity index (χ2n) is 7.10. The molecule has 2 unspecified atom stereocenters. The molecule has 31 heavy (non-hydrogen) atoms. The smallest absolute Gasteiger partial charge is 0.458 e. The van der Waals surface area contributed by atoms with Gasteiger partial charge in [-0.1, -0.05) is 0 Å². The minimum Gasteiger partial charge on any atom is -0.488 e. The number of halogens is 6. The van der Waals surface area contributed by atoms with Crippen LogP contribution in [0.1, 0.15) is 35.7 Å². The fourth-order valence-corrected chi connectivity index (χ4v) is 3.26. The van der Waals surface area contributed by atoms with E-state index in [1.54, 1.807) is 6.92 Å². The minimum atomic E-state index is -5.84. The number of nitrogens with zero attached hydrogens (tertiary/aromatic N) is 1. The third kappa shape index (κ3) is 4.92. The molecule has 2 N–H and O–H groups in total. The van der Waals surface area contributed by atoms with Crippen LogP contribution in [0, 0.1) is 5.95 Å². The highest BCUT2D eigenvalue weighted by Gasteiger charge is 2.60. The van der Waals surface area contributed by atoms with E-state index in [2.05, 4.69) is 15.6 Å². The molecule has 168 valence electrons. The molecule has 2 aromatic rings. The molecular formula is C20H19F6N3O2. The maximum Gasteiger partial charge on any atom is 0.458 e. The number of carbonyl (C=O) groups is 1. The van der Waals surface area contributed by atoms with Crippen LogP contribution in [-0.2, 0) is 5.92 Å². The van der Waals surface area contributed by atoms with Crippen molar-refractivity contribution in [3.05, 3.63) is 53.6 Å². The molecule has 1 aromatic heterocycles. The number of amides is 1. The Kier molecular flexibility index (Phi) is 6.44. The van der Waals surface area contributed by atoms with Gasteiger partial charge in [0, 0.05) is 24.0 Å². The number of aromatic nitrogens is 1. The first-order valence-corrected chi connectivity index (χ1v) is 9.41. The summed E-state index contributed by atoms with van der Waals surface area (Å²) in [7, 11) is 0. The summed E-state index contributed by atoms with van der Waals surface area (Å²) in [6.07, 6.45) is -3.94. The number of hydrogen-bond acceptors (Lipinski definition) is 4. The summed E-state index contributed by atoms with van der Waals surface area (Å²) in [5, 5.41) is 5.35. The molecule has 0 saturated carbocycles. The van der Waals surface area contributed by atoms with Gasteiger partial charge in [-0.25, -0.2) is 4.98 Å². The van der Waals surface area contributed by atoms with Crippen LogP contribution >= 0.6 is 0 Å². The first-order chi connectivity index (χ1) is 14.5. The van der Waals surface area contributed by atoms with Crippen LogP contribution in [0.15, 0.2) is 36.5 Å². The summed E-state index contributed by atoms with van der Waals surface area (Å²) in [4.78, 5) is 15.6. The molecule has 1 fully saturated rings. The van der Waals surface area contributed by atoms with Crippen molar-refractivity contribution < 1.29 is 35.9 Å². The van der Waals surface area contributed by atoms with E-state index in [0.29, 0.717) is 19.0 Å². The number of anilines is 1. The molecule has 11 heteroatoms. The zero-order valence-electron chi connectivity index (χ0n) is 16.3. The van der Waals surface area contributed by atoms with Gasteiger partial charge in [-0.05, 0) is 50.6 Å². The van der Waals surface area contributed by atoms with E-state index in [9.17, 15) is 31.1 Å². The van der Waals surface area contributed by atoms with Crippen molar-refractivity contribution in [3.8, 4) is 5.75 Å². The normalized spacial score (nSPS) is 18.0. The van der Waals surface area contributed by atoms with Gasteiger partial charge in [0.15, 0.2) is 0 Å². The third-order valence-electron chi connectivity index (χ3n) is 4.92. The standard InChI is InChI=1S/C20H19F6N3O2/c1-11(15-5-3-8-27-15)31-16-10-12(6-7-14(16)19(22,23)20(24,25)26)29-18(30)13-4-2-9-28-17(13)21/h2,4,6-7,9-11,15,27H,3,5,8H2,1H3,(H,29,30). The number of ether oxygens (including phenoxy) is 1. The molecule has 1 aliphatic heterocycles. The molecule has 1 aromatic carbocycles. The second-order valence-corrected chi connectivity index (χ2v) is 7.10. The lowest BCUT2D eigenvalue weighted by Crippen LogP contribution is -2.38. The SMILES string of the molecule is CC(Oc1cc(NC(=O)c2cccnc2F)ccc1C(F)(F)C(F)(F)F)C1CCCN1. The van der Waals surface area contributed by atoms with E-state index in [1.165, 1.54) is 6.07 Å². The third-order valence-corrected chi connectivity index (χ3v) is 4.92. The Bertz CT molecular complexity index is 945. The lowest BCUT2D eigenvalue weighted by molar-refractivity contribution is -0.289. The van der Waals surface area contributed by atoms with E-state index in [0.717, 1.165) is 30.8 Å². The van der Waals surface area contributed by atoms with Crippen LogP contribution in [-0.4, -0.2) is 35.8 Å². The summed E-state index contributed by atoms with van der Waals surface area (Å²) in [6, 6.07) is 4.51. The maximum atomic E-state index is 14.1. The fraction of sp³-hybridized carbons (Fsp3) is 0.400. The van der Waals surface area contributed by atoms with E-state index in [4.69, 9.17) is 4.74 Å². The molecule has 2 atom stereocenters. The average Bonchev–Trinajstić information content (AvgIpc) is 3.22. The second kappa shape index (κ2) is 8.74. The van der Waals surface area contributed by atoms with Crippen LogP contribution in [0.3, 0.4) is 0 Å². The van der Waals surface area contributed by atoms with Crippen molar-refractivity contribution in [3.63, 3.8) is 0 Å². The first-order valence-electron chi connectivity index (χ1n) is 9.41. The topological polar surface area (TPSA) is 63.2 Å². The van der Waals surface area contributed by atoms with Gasteiger partial charge in [-0.2, -0.15) is 26.3 Å². The van der Waals surface area contributed by atoms with Crippen LogP contribution in [0.25, 0.3) is 0 Å². The van der Waals surface area contributed by atoms with Crippen molar-refractivity contribution in [2.45, 2.75) is 44.0 Å². The Balaban J connectivity index is 1.93. The van der Waals surface area contributed by atoms with Crippen LogP contribution in [0.4, 0.5) is 32.0 Å². The molecule has 0 spiro atoms. The predicted molar refractivity (Wildman–Crippen MR) is 99.7 cm³/mol. The molecule has 0 aliphatic carbocycles. The van der Waals surface area contributed by atoms with Gasteiger partial charge in [0.2, 0.25) is 5.95 Å². The highest BCUT2D eigenvalue weighted by molar-refractivity contribution is 6.04. The van der Waals surface area contributed by atoms with Gasteiger partial charge in [-0.3, -0.25) is 4.79 Å². The van der Waals surface area contributed by atoms with E-state index >= 15 is 0 Å². The van der Waals surface area contributed by atoms with Crippen LogP contribution in [0.2, 0.25) is 0 Å². The molecule has 1 saturated heterocycles. The van der Waals surface area contributed by atoms with Crippen LogP contribution < -0.4 is 15.4 Å².